The highest BCUT2D eigenvalue weighted by Crippen LogP contribution is 2.16. The van der Waals surface area contributed by atoms with Crippen LogP contribution in [0.3, 0.4) is 0 Å². The van der Waals surface area contributed by atoms with E-state index in [0.717, 1.165) is 89.9 Å². The molecule has 0 aromatic carbocycles. The Balaban J connectivity index is 3.94. The van der Waals surface area contributed by atoms with Crippen molar-refractivity contribution in [2.75, 3.05) is 13.2 Å². The topological polar surface area (TPSA) is 78.9 Å². The van der Waals surface area contributed by atoms with Gasteiger partial charge in [-0.3, -0.25) is 14.4 Å². The predicted octanol–water partition coefficient (Wildman–Crippen LogP) is 17.9. The van der Waals surface area contributed by atoms with E-state index in [1.54, 1.807) is 0 Å². The lowest BCUT2D eigenvalue weighted by Crippen LogP contribution is -2.30. The normalized spacial score (nSPS) is 12.4. The summed E-state index contributed by atoms with van der Waals surface area (Å²) in [5.41, 5.74) is 0. The molecule has 0 aromatic heterocycles. The maximum absolute atomic E-state index is 12.7. The highest BCUT2D eigenvalue weighted by molar-refractivity contribution is 5.71. The number of carbonyl (C=O) groups is 3. The molecule has 0 aliphatic carbocycles. The standard InChI is InChI=1S/C57H102O6/c1-4-7-10-13-15-17-19-20-21-22-23-24-25-26-27-28-29-30-31-32-33-34-35-36-38-39-41-44-47-50-56(59)62-53-54(52-61-55(58)49-46-43-12-9-6-3)63-57(60)51-48-45-42-40-37-18-16-14-11-8-5-2/h7,10,15,17,20-21,23-24,54H,4-6,8-9,11-14,16,18-19,22,25-53H2,1-3H3/b10-7-,17-15-,21-20-,24-23-. The first-order valence-electron chi connectivity index (χ1n) is 27.1. The molecule has 0 spiro atoms. The first-order valence-corrected chi connectivity index (χ1v) is 27.1. The van der Waals surface area contributed by atoms with Crippen molar-refractivity contribution >= 4 is 17.9 Å². The second-order valence-electron chi connectivity index (χ2n) is 18.1. The number of esters is 3. The highest BCUT2D eigenvalue weighted by Gasteiger charge is 2.19. The summed E-state index contributed by atoms with van der Waals surface area (Å²) in [5, 5.41) is 0. The van der Waals surface area contributed by atoms with Crippen LogP contribution in [-0.2, 0) is 28.6 Å². The highest BCUT2D eigenvalue weighted by atomic mass is 16.6. The average molecular weight is 883 g/mol. The maximum atomic E-state index is 12.7. The summed E-state index contributed by atoms with van der Waals surface area (Å²) in [6.07, 6.45) is 63.0. The van der Waals surface area contributed by atoms with E-state index in [1.165, 1.54) is 148 Å². The molecule has 0 rings (SSSR count). The summed E-state index contributed by atoms with van der Waals surface area (Å²) >= 11 is 0. The van der Waals surface area contributed by atoms with Gasteiger partial charge in [0.2, 0.25) is 0 Å². The van der Waals surface area contributed by atoms with E-state index in [1.807, 2.05) is 0 Å². The third kappa shape index (κ3) is 50.2. The van der Waals surface area contributed by atoms with E-state index in [2.05, 4.69) is 69.4 Å². The van der Waals surface area contributed by atoms with Crippen LogP contribution in [-0.4, -0.2) is 37.2 Å². The molecule has 0 aliphatic rings. The molecule has 0 saturated heterocycles. The molecule has 1 unspecified atom stereocenters. The quantitative estimate of drug-likeness (QED) is 0.0262. The number of unbranched alkanes of at least 4 members (excludes halogenated alkanes) is 30. The third-order valence-corrected chi connectivity index (χ3v) is 11.8. The molecular weight excluding hydrogens is 781 g/mol. The molecule has 0 aromatic rings. The van der Waals surface area contributed by atoms with Crippen LogP contribution < -0.4 is 0 Å². The molecule has 6 nitrogen and oxygen atoms in total. The number of hydrogen-bond acceptors (Lipinski definition) is 6. The van der Waals surface area contributed by atoms with Crippen LogP contribution in [0.5, 0.6) is 0 Å². The lowest BCUT2D eigenvalue weighted by Gasteiger charge is -2.18. The van der Waals surface area contributed by atoms with Gasteiger partial charge in [-0.15, -0.1) is 0 Å². The summed E-state index contributed by atoms with van der Waals surface area (Å²) in [6, 6.07) is 0. The Morgan fingerprint density at radius 1 is 0.333 bits per heavy atom. The second-order valence-corrected chi connectivity index (χ2v) is 18.1. The van der Waals surface area contributed by atoms with Gasteiger partial charge in [-0.2, -0.15) is 0 Å². The number of rotatable bonds is 49. The number of ether oxygens (including phenoxy) is 3. The van der Waals surface area contributed by atoms with Crippen LogP contribution in [0.25, 0.3) is 0 Å². The van der Waals surface area contributed by atoms with Crippen LogP contribution >= 0.6 is 0 Å². The Morgan fingerprint density at radius 3 is 0.968 bits per heavy atom. The molecule has 0 heterocycles. The molecule has 0 aliphatic heterocycles. The molecule has 6 heteroatoms. The molecule has 0 fully saturated rings. The van der Waals surface area contributed by atoms with E-state index >= 15 is 0 Å². The van der Waals surface area contributed by atoms with Gasteiger partial charge in [0, 0.05) is 19.3 Å². The minimum Gasteiger partial charge on any atom is -0.462 e. The molecule has 0 amide bonds. The fraction of sp³-hybridized carbons (Fsp3) is 0.807. The molecule has 0 N–H and O–H groups in total. The summed E-state index contributed by atoms with van der Waals surface area (Å²) in [7, 11) is 0. The van der Waals surface area contributed by atoms with Gasteiger partial charge in [-0.05, 0) is 57.8 Å². The lowest BCUT2D eigenvalue weighted by atomic mass is 10.0. The predicted molar refractivity (Wildman–Crippen MR) is 270 cm³/mol. The summed E-state index contributed by atoms with van der Waals surface area (Å²) in [4.78, 5) is 37.6. The van der Waals surface area contributed by atoms with Crippen molar-refractivity contribution in [3.63, 3.8) is 0 Å². The fourth-order valence-electron chi connectivity index (χ4n) is 7.79. The minimum absolute atomic E-state index is 0.0691. The molecular formula is C57H102O6. The number of allylic oxidation sites excluding steroid dienone is 8. The van der Waals surface area contributed by atoms with Crippen molar-refractivity contribution in [3.05, 3.63) is 48.6 Å². The van der Waals surface area contributed by atoms with E-state index in [4.69, 9.17) is 14.2 Å². The molecule has 63 heavy (non-hydrogen) atoms. The molecule has 0 radical (unpaired) electrons. The van der Waals surface area contributed by atoms with E-state index in [9.17, 15) is 14.4 Å². The van der Waals surface area contributed by atoms with Crippen molar-refractivity contribution in [1.29, 1.82) is 0 Å². The monoisotopic (exact) mass is 883 g/mol. The number of carbonyl (C=O) groups excluding carboxylic acids is 3. The van der Waals surface area contributed by atoms with E-state index in [-0.39, 0.29) is 31.1 Å². The zero-order valence-corrected chi connectivity index (χ0v) is 41.8. The van der Waals surface area contributed by atoms with Crippen LogP contribution in [0.1, 0.15) is 278 Å². The maximum Gasteiger partial charge on any atom is 0.306 e. The van der Waals surface area contributed by atoms with Crippen molar-refractivity contribution in [2.45, 2.75) is 284 Å². The van der Waals surface area contributed by atoms with Crippen LogP contribution in [0.4, 0.5) is 0 Å². The van der Waals surface area contributed by atoms with Crippen LogP contribution in [0.2, 0.25) is 0 Å². The van der Waals surface area contributed by atoms with Crippen molar-refractivity contribution in [1.82, 2.24) is 0 Å². The Bertz CT molecular complexity index is 1110. The van der Waals surface area contributed by atoms with Gasteiger partial charge in [-0.25, -0.2) is 0 Å². The fourth-order valence-corrected chi connectivity index (χ4v) is 7.79. The van der Waals surface area contributed by atoms with Gasteiger partial charge in [0.05, 0.1) is 0 Å². The van der Waals surface area contributed by atoms with E-state index < -0.39 is 6.10 Å². The largest absolute Gasteiger partial charge is 0.462 e. The first-order chi connectivity index (χ1) is 31.0. The van der Waals surface area contributed by atoms with Gasteiger partial charge in [0.1, 0.15) is 13.2 Å². The molecule has 366 valence electrons. The molecule has 0 saturated carbocycles. The van der Waals surface area contributed by atoms with Crippen molar-refractivity contribution < 1.29 is 28.6 Å². The SMILES string of the molecule is CC/C=C\C/C=C\C/C=C\C/C=C\CCCCCCCCCCCCCCCCCCC(=O)OCC(COC(=O)CCCCCCC)OC(=O)CCCCCCCCCCCCC. The lowest BCUT2D eigenvalue weighted by molar-refractivity contribution is -0.167. The summed E-state index contributed by atoms with van der Waals surface area (Å²) < 4.78 is 16.7. The summed E-state index contributed by atoms with van der Waals surface area (Å²) in [5.74, 6) is -0.875. The van der Waals surface area contributed by atoms with Crippen molar-refractivity contribution in [2.24, 2.45) is 0 Å². The van der Waals surface area contributed by atoms with Gasteiger partial charge in [-0.1, -0.05) is 249 Å². The Morgan fingerprint density at radius 2 is 0.619 bits per heavy atom. The minimum atomic E-state index is -0.763. The van der Waals surface area contributed by atoms with E-state index in [0.29, 0.717) is 19.3 Å². The second kappa shape index (κ2) is 52.0. The van der Waals surface area contributed by atoms with Gasteiger partial charge < -0.3 is 14.2 Å². The van der Waals surface area contributed by atoms with Crippen molar-refractivity contribution in [3.8, 4) is 0 Å². The smallest absolute Gasteiger partial charge is 0.306 e. The van der Waals surface area contributed by atoms with Crippen LogP contribution in [0, 0.1) is 0 Å². The Hall–Kier alpha value is -2.63. The Labute approximate surface area is 390 Å². The third-order valence-electron chi connectivity index (χ3n) is 11.8. The molecule has 0 bridgehead atoms. The van der Waals surface area contributed by atoms with Crippen LogP contribution in [0.15, 0.2) is 48.6 Å². The molecule has 1 atom stereocenters. The number of hydrogen-bond donors (Lipinski definition) is 0. The van der Waals surface area contributed by atoms with Gasteiger partial charge >= 0.3 is 17.9 Å². The average Bonchev–Trinajstić information content (AvgIpc) is 3.28. The Kier molecular flexibility index (Phi) is 49.8. The zero-order valence-electron chi connectivity index (χ0n) is 41.8. The summed E-state index contributed by atoms with van der Waals surface area (Å²) in [6.45, 7) is 6.45. The zero-order chi connectivity index (χ0) is 45.8. The van der Waals surface area contributed by atoms with Gasteiger partial charge in [0.25, 0.3) is 0 Å². The first kappa shape index (κ1) is 60.4. The van der Waals surface area contributed by atoms with Gasteiger partial charge in [0.15, 0.2) is 6.10 Å².